The number of anilines is 1. The average molecular weight is 564 g/mol. The van der Waals surface area contributed by atoms with Crippen LogP contribution < -0.4 is 4.90 Å². The Labute approximate surface area is 233 Å². The summed E-state index contributed by atoms with van der Waals surface area (Å²) in [5.41, 5.74) is 1.33. The van der Waals surface area contributed by atoms with E-state index in [1.807, 2.05) is 4.90 Å². The summed E-state index contributed by atoms with van der Waals surface area (Å²) in [6.45, 7) is 2.74. The van der Waals surface area contributed by atoms with Crippen LogP contribution in [0.3, 0.4) is 0 Å². The van der Waals surface area contributed by atoms with Crippen LogP contribution >= 0.6 is 0 Å². The van der Waals surface area contributed by atoms with Gasteiger partial charge in [-0.25, -0.2) is 22.2 Å². The Morgan fingerprint density at radius 2 is 1.61 bits per heavy atom. The Hall–Kier alpha value is -4.54. The summed E-state index contributed by atoms with van der Waals surface area (Å²) in [5, 5.41) is 4.45. The minimum Gasteiger partial charge on any atom is -0.358 e. The highest BCUT2D eigenvalue weighted by atomic mass is 19.2. The second-order valence-electron chi connectivity index (χ2n) is 10.3. The molecule has 1 spiro atoms. The SMILES string of the molecule is Cc1c(C(=O)N2CCC3(CC2)C(=O)CCN3c2ccc(F)cc2)nn(-c2cc(F)c(F)c(F)c2)c1-c1cccnc1. The lowest BCUT2D eigenvalue weighted by Crippen LogP contribution is -2.56. The second kappa shape index (κ2) is 10.1. The zero-order chi connectivity index (χ0) is 28.9. The molecule has 0 bridgehead atoms. The third kappa shape index (κ3) is 4.45. The van der Waals surface area contributed by atoms with Crippen molar-refractivity contribution in [1.82, 2.24) is 19.7 Å². The molecule has 11 heteroatoms. The summed E-state index contributed by atoms with van der Waals surface area (Å²) in [6, 6.07) is 11.1. The molecule has 1 amide bonds. The zero-order valence-corrected chi connectivity index (χ0v) is 22.1. The molecule has 2 aliphatic heterocycles. The number of carbonyl (C=O) groups excluding carboxylic acids is 2. The van der Waals surface area contributed by atoms with Gasteiger partial charge in [0.25, 0.3) is 5.91 Å². The van der Waals surface area contributed by atoms with Gasteiger partial charge in [0.05, 0.1) is 11.4 Å². The van der Waals surface area contributed by atoms with Gasteiger partial charge in [0.15, 0.2) is 28.9 Å². The normalized spacial score (nSPS) is 16.6. The highest BCUT2D eigenvalue weighted by Gasteiger charge is 2.50. The zero-order valence-electron chi connectivity index (χ0n) is 22.1. The van der Waals surface area contributed by atoms with Crippen molar-refractivity contribution in [3.63, 3.8) is 0 Å². The number of nitrogens with zero attached hydrogens (tertiary/aromatic N) is 5. The molecule has 0 saturated carbocycles. The number of halogens is 4. The molecule has 0 atom stereocenters. The Morgan fingerprint density at radius 3 is 2.24 bits per heavy atom. The van der Waals surface area contributed by atoms with Crippen LogP contribution in [0.1, 0.15) is 35.3 Å². The summed E-state index contributed by atoms with van der Waals surface area (Å²) < 4.78 is 56.8. The van der Waals surface area contributed by atoms with Gasteiger partial charge >= 0.3 is 0 Å². The van der Waals surface area contributed by atoms with E-state index in [4.69, 9.17) is 0 Å². The molecule has 2 aromatic heterocycles. The van der Waals surface area contributed by atoms with Crippen LogP contribution in [0.15, 0.2) is 60.9 Å². The van der Waals surface area contributed by atoms with Gasteiger partial charge in [0.2, 0.25) is 0 Å². The van der Waals surface area contributed by atoms with Crippen LogP contribution in [0.2, 0.25) is 0 Å². The first-order chi connectivity index (χ1) is 19.7. The quantitative estimate of drug-likeness (QED) is 0.251. The molecular formula is C30H25F4N5O2. The highest BCUT2D eigenvalue weighted by molar-refractivity contribution is 5.98. The number of piperidine rings is 1. The number of carbonyl (C=O) groups is 2. The minimum atomic E-state index is -1.60. The predicted molar refractivity (Wildman–Crippen MR) is 143 cm³/mol. The number of amides is 1. The number of Topliss-reactive ketones (excluding diaryl/α,β-unsaturated/α-hetero) is 1. The van der Waals surface area contributed by atoms with E-state index in [0.717, 1.165) is 17.8 Å². The van der Waals surface area contributed by atoms with E-state index in [1.54, 1.807) is 42.3 Å². The smallest absolute Gasteiger partial charge is 0.274 e. The number of hydrogen-bond donors (Lipinski definition) is 0. The topological polar surface area (TPSA) is 71.3 Å². The van der Waals surface area contributed by atoms with Gasteiger partial charge in [-0.3, -0.25) is 14.6 Å². The van der Waals surface area contributed by atoms with Gasteiger partial charge in [-0.2, -0.15) is 5.10 Å². The van der Waals surface area contributed by atoms with Gasteiger partial charge in [-0.05, 0) is 56.2 Å². The number of likely N-dealkylation sites (tertiary alicyclic amines) is 1. The fraction of sp³-hybridized carbons (Fsp3) is 0.267. The Balaban J connectivity index is 1.32. The van der Waals surface area contributed by atoms with Crippen molar-refractivity contribution in [2.24, 2.45) is 0 Å². The second-order valence-corrected chi connectivity index (χ2v) is 10.3. The van der Waals surface area contributed by atoms with Crippen molar-refractivity contribution >= 4 is 17.4 Å². The van der Waals surface area contributed by atoms with Crippen LogP contribution in [0.25, 0.3) is 16.9 Å². The molecule has 0 unspecified atom stereocenters. The van der Waals surface area contributed by atoms with Crippen LogP contribution in [-0.4, -0.2) is 56.5 Å². The molecule has 41 heavy (non-hydrogen) atoms. The van der Waals surface area contributed by atoms with Gasteiger partial charge in [0.1, 0.15) is 11.4 Å². The van der Waals surface area contributed by atoms with Crippen molar-refractivity contribution in [3.8, 4) is 16.9 Å². The van der Waals surface area contributed by atoms with Crippen LogP contribution in [0.5, 0.6) is 0 Å². The molecule has 0 aliphatic carbocycles. The number of hydrogen-bond acceptors (Lipinski definition) is 5. The molecule has 2 fully saturated rings. The summed E-state index contributed by atoms with van der Waals surface area (Å²) in [6.07, 6.45) is 4.24. The number of rotatable bonds is 4. The molecule has 6 rings (SSSR count). The maximum absolute atomic E-state index is 14.2. The fourth-order valence-corrected chi connectivity index (χ4v) is 5.98. The fourth-order valence-electron chi connectivity index (χ4n) is 5.98. The minimum absolute atomic E-state index is 0.0677. The number of aromatic nitrogens is 3. The molecular weight excluding hydrogens is 538 g/mol. The van der Waals surface area contributed by atoms with E-state index in [-0.39, 0.29) is 36.1 Å². The lowest BCUT2D eigenvalue weighted by Gasteiger charge is -2.44. The molecule has 7 nitrogen and oxygen atoms in total. The maximum atomic E-state index is 14.2. The molecule has 4 aromatic rings. The lowest BCUT2D eigenvalue weighted by molar-refractivity contribution is -0.123. The lowest BCUT2D eigenvalue weighted by atomic mass is 9.83. The van der Waals surface area contributed by atoms with Crippen molar-refractivity contribution in [1.29, 1.82) is 0 Å². The van der Waals surface area contributed by atoms with Crippen molar-refractivity contribution in [3.05, 3.63) is 95.5 Å². The van der Waals surface area contributed by atoms with Crippen LogP contribution in [0, 0.1) is 30.2 Å². The Bertz CT molecular complexity index is 1620. The molecule has 0 N–H and O–H groups in total. The Kier molecular flexibility index (Phi) is 6.59. The molecule has 4 heterocycles. The third-order valence-corrected chi connectivity index (χ3v) is 8.09. The van der Waals surface area contributed by atoms with Crippen molar-refractivity contribution in [2.45, 2.75) is 31.7 Å². The standard InChI is InChI=1S/C30H25F4N5O2/c1-18-27(36-39(28(18)19-3-2-11-35-17-19)22-15-23(32)26(34)24(33)16-22)29(41)37-13-9-30(10-14-37)25(40)8-12-38(30)21-6-4-20(31)5-7-21/h2-7,11,15-17H,8-10,12-14H2,1H3. The van der Waals surface area contributed by atoms with E-state index in [2.05, 4.69) is 10.1 Å². The van der Waals surface area contributed by atoms with E-state index in [1.165, 1.54) is 23.0 Å². The molecule has 2 saturated heterocycles. The first-order valence-corrected chi connectivity index (χ1v) is 13.2. The van der Waals surface area contributed by atoms with Crippen molar-refractivity contribution in [2.75, 3.05) is 24.5 Å². The maximum Gasteiger partial charge on any atom is 0.274 e. The molecule has 2 aliphatic rings. The van der Waals surface area contributed by atoms with Gasteiger partial charge in [-0.15, -0.1) is 0 Å². The molecule has 2 aromatic carbocycles. The average Bonchev–Trinajstić information content (AvgIpc) is 3.49. The first-order valence-electron chi connectivity index (χ1n) is 13.2. The summed E-state index contributed by atoms with van der Waals surface area (Å²) in [4.78, 5) is 34.6. The first kappa shape index (κ1) is 26.7. The number of benzene rings is 2. The Morgan fingerprint density at radius 1 is 0.927 bits per heavy atom. The number of pyridine rings is 1. The van der Waals surface area contributed by atoms with Crippen LogP contribution in [0.4, 0.5) is 23.2 Å². The van der Waals surface area contributed by atoms with E-state index in [0.29, 0.717) is 42.6 Å². The summed E-state index contributed by atoms with van der Waals surface area (Å²) in [7, 11) is 0. The van der Waals surface area contributed by atoms with Crippen molar-refractivity contribution < 1.29 is 27.2 Å². The van der Waals surface area contributed by atoms with E-state index < -0.39 is 28.9 Å². The van der Waals surface area contributed by atoms with E-state index in [9.17, 15) is 27.2 Å². The van der Waals surface area contributed by atoms with E-state index >= 15 is 0 Å². The van der Waals surface area contributed by atoms with Crippen LogP contribution in [-0.2, 0) is 4.79 Å². The monoisotopic (exact) mass is 563 g/mol. The highest BCUT2D eigenvalue weighted by Crippen LogP contribution is 2.40. The summed E-state index contributed by atoms with van der Waals surface area (Å²) >= 11 is 0. The summed E-state index contributed by atoms with van der Waals surface area (Å²) in [5.74, 6) is -5.04. The molecule has 0 radical (unpaired) electrons. The van der Waals surface area contributed by atoms with Gasteiger partial charge in [0, 0.05) is 67.4 Å². The van der Waals surface area contributed by atoms with Gasteiger partial charge < -0.3 is 9.80 Å². The predicted octanol–water partition coefficient (Wildman–Crippen LogP) is 5.25. The third-order valence-electron chi connectivity index (χ3n) is 8.09. The van der Waals surface area contributed by atoms with Gasteiger partial charge in [-0.1, -0.05) is 0 Å². The number of ketones is 1. The molecule has 210 valence electrons. The largest absolute Gasteiger partial charge is 0.358 e.